The molecule has 1 heterocycles. The van der Waals surface area contributed by atoms with Crippen LogP contribution >= 0.6 is 0 Å². The largest absolute Gasteiger partial charge is 0.338 e. The van der Waals surface area contributed by atoms with Crippen molar-refractivity contribution in [3.05, 3.63) is 12.1 Å². The van der Waals surface area contributed by atoms with E-state index in [4.69, 9.17) is 0 Å². The fourth-order valence-electron chi connectivity index (χ4n) is 1.12. The van der Waals surface area contributed by atoms with Gasteiger partial charge in [-0.05, 0) is 18.6 Å². The Balaban J connectivity index is 2.56. The second-order valence-corrected chi connectivity index (χ2v) is 5.73. The summed E-state index contributed by atoms with van der Waals surface area (Å²) in [6.07, 6.45) is 2.93. The number of sulfone groups is 1. The van der Waals surface area contributed by atoms with E-state index in [-0.39, 0.29) is 16.9 Å². The van der Waals surface area contributed by atoms with Crippen molar-refractivity contribution in [1.82, 2.24) is 15.5 Å². The van der Waals surface area contributed by atoms with Crippen LogP contribution < -0.4 is 10.6 Å². The maximum Gasteiger partial charge on any atom is 0.320 e. The number of aromatic nitrogens is 2. The fourth-order valence-corrected chi connectivity index (χ4v) is 1.63. The number of urea groups is 1. The minimum atomic E-state index is -3.37. The summed E-state index contributed by atoms with van der Waals surface area (Å²) in [6.45, 7) is 2.60. The number of hydrogen-bond acceptors (Lipinski definition) is 5. The lowest BCUT2D eigenvalue weighted by molar-refractivity contribution is 0.252. The Labute approximate surface area is 106 Å². The van der Waals surface area contributed by atoms with Crippen LogP contribution in [0.25, 0.3) is 0 Å². The van der Waals surface area contributed by atoms with Crippen LogP contribution in [0.15, 0.2) is 17.2 Å². The summed E-state index contributed by atoms with van der Waals surface area (Å²) in [5.41, 5.74) is 0. The molecule has 0 aromatic carbocycles. The van der Waals surface area contributed by atoms with Gasteiger partial charge < -0.3 is 5.32 Å². The number of carbonyl (C=O) groups excluding carboxylic acids is 1. The highest BCUT2D eigenvalue weighted by atomic mass is 32.2. The number of rotatable bonds is 5. The number of nitrogens with zero attached hydrogens (tertiary/aromatic N) is 2. The zero-order chi connectivity index (χ0) is 13.6. The van der Waals surface area contributed by atoms with Gasteiger partial charge in [-0.3, -0.25) is 5.32 Å². The van der Waals surface area contributed by atoms with Gasteiger partial charge in [-0.2, -0.15) is 0 Å². The Morgan fingerprint density at radius 1 is 1.33 bits per heavy atom. The molecule has 1 aromatic rings. The second-order valence-electron chi connectivity index (χ2n) is 3.76. The van der Waals surface area contributed by atoms with E-state index in [9.17, 15) is 13.2 Å². The molecule has 18 heavy (non-hydrogen) atoms. The first-order valence-corrected chi connectivity index (χ1v) is 7.41. The van der Waals surface area contributed by atoms with Gasteiger partial charge in [0.05, 0.1) is 0 Å². The topological polar surface area (TPSA) is 101 Å². The Morgan fingerprint density at radius 3 is 2.56 bits per heavy atom. The van der Waals surface area contributed by atoms with E-state index >= 15 is 0 Å². The number of nitrogens with one attached hydrogen (secondary N) is 2. The summed E-state index contributed by atoms with van der Waals surface area (Å²) in [7, 11) is -3.37. The molecule has 0 aliphatic carbocycles. The van der Waals surface area contributed by atoms with Gasteiger partial charge >= 0.3 is 6.03 Å². The number of unbranched alkanes of at least 4 members (excludes halogenated alkanes) is 1. The molecular formula is C10H16N4O3S. The third-order valence-electron chi connectivity index (χ3n) is 2.08. The number of anilines is 1. The summed E-state index contributed by atoms with van der Waals surface area (Å²) >= 11 is 0. The summed E-state index contributed by atoms with van der Waals surface area (Å²) in [5, 5.41) is 12.1. The van der Waals surface area contributed by atoms with Crippen LogP contribution in [-0.2, 0) is 9.84 Å². The Kier molecular flexibility index (Phi) is 5.02. The Bertz CT molecular complexity index is 498. The van der Waals surface area contributed by atoms with Gasteiger partial charge in [-0.1, -0.05) is 13.3 Å². The summed E-state index contributed by atoms with van der Waals surface area (Å²) < 4.78 is 22.3. The normalized spacial score (nSPS) is 11.0. The van der Waals surface area contributed by atoms with E-state index in [1.165, 1.54) is 12.1 Å². The molecule has 0 unspecified atom stereocenters. The predicted octanol–water partition coefficient (Wildman–Crippen LogP) is 0.802. The predicted molar refractivity (Wildman–Crippen MR) is 67.1 cm³/mol. The van der Waals surface area contributed by atoms with Gasteiger partial charge in [0.2, 0.25) is 0 Å². The fraction of sp³-hybridized carbons (Fsp3) is 0.500. The molecule has 2 amide bonds. The average Bonchev–Trinajstić information content (AvgIpc) is 2.29. The lowest BCUT2D eigenvalue weighted by atomic mass is 10.3. The van der Waals surface area contributed by atoms with Gasteiger partial charge in [0.1, 0.15) is 0 Å². The van der Waals surface area contributed by atoms with E-state index in [1.54, 1.807) is 0 Å². The van der Waals surface area contributed by atoms with Crippen LogP contribution in [0, 0.1) is 0 Å². The zero-order valence-corrected chi connectivity index (χ0v) is 11.1. The highest BCUT2D eigenvalue weighted by Gasteiger charge is 2.10. The van der Waals surface area contributed by atoms with E-state index < -0.39 is 9.84 Å². The molecule has 0 saturated heterocycles. The van der Waals surface area contributed by atoms with E-state index in [2.05, 4.69) is 20.8 Å². The van der Waals surface area contributed by atoms with E-state index in [1.807, 2.05) is 6.92 Å². The van der Waals surface area contributed by atoms with Crippen molar-refractivity contribution in [3.63, 3.8) is 0 Å². The molecule has 8 heteroatoms. The van der Waals surface area contributed by atoms with Gasteiger partial charge in [-0.15, -0.1) is 10.2 Å². The van der Waals surface area contributed by atoms with Crippen LogP contribution in [0.3, 0.4) is 0 Å². The van der Waals surface area contributed by atoms with Gasteiger partial charge in [0, 0.05) is 12.8 Å². The number of amides is 2. The zero-order valence-electron chi connectivity index (χ0n) is 10.3. The molecule has 0 saturated carbocycles. The van der Waals surface area contributed by atoms with Crippen molar-refractivity contribution < 1.29 is 13.2 Å². The summed E-state index contributed by atoms with van der Waals surface area (Å²) in [4.78, 5) is 11.4. The first kappa shape index (κ1) is 14.4. The van der Waals surface area contributed by atoms with Gasteiger partial charge in [0.15, 0.2) is 20.7 Å². The molecule has 0 bridgehead atoms. The lowest BCUT2D eigenvalue weighted by Gasteiger charge is -2.05. The Morgan fingerprint density at radius 2 is 2.06 bits per heavy atom. The Hall–Kier alpha value is -1.70. The molecule has 1 rings (SSSR count). The molecule has 0 radical (unpaired) electrons. The van der Waals surface area contributed by atoms with E-state index in [0.29, 0.717) is 6.54 Å². The van der Waals surface area contributed by atoms with E-state index in [0.717, 1.165) is 19.1 Å². The van der Waals surface area contributed by atoms with Crippen molar-refractivity contribution in [2.75, 3.05) is 18.1 Å². The number of hydrogen-bond donors (Lipinski definition) is 2. The van der Waals surface area contributed by atoms with Crippen molar-refractivity contribution in [1.29, 1.82) is 0 Å². The monoisotopic (exact) mass is 272 g/mol. The highest BCUT2D eigenvalue weighted by Crippen LogP contribution is 2.06. The summed E-state index contributed by atoms with van der Waals surface area (Å²) in [6, 6.07) is 2.30. The van der Waals surface area contributed by atoms with Gasteiger partial charge in [-0.25, -0.2) is 13.2 Å². The van der Waals surface area contributed by atoms with Crippen LogP contribution in [0.4, 0.5) is 10.6 Å². The minimum Gasteiger partial charge on any atom is -0.338 e. The minimum absolute atomic E-state index is 0.126. The van der Waals surface area contributed by atoms with Crippen molar-refractivity contribution in [2.45, 2.75) is 24.8 Å². The van der Waals surface area contributed by atoms with Crippen molar-refractivity contribution >= 4 is 21.7 Å². The molecule has 0 aliphatic rings. The average molecular weight is 272 g/mol. The standard InChI is InChI=1S/C10H16N4O3S/c1-3-4-7-11-10(15)12-8-5-6-9(14-13-8)18(2,16)17/h5-6H,3-4,7H2,1-2H3,(H2,11,12,13,15). The van der Waals surface area contributed by atoms with Crippen LogP contribution in [-0.4, -0.2) is 37.4 Å². The molecule has 0 spiro atoms. The third kappa shape index (κ3) is 4.66. The third-order valence-corrected chi connectivity index (χ3v) is 3.05. The van der Waals surface area contributed by atoms with Crippen molar-refractivity contribution in [2.24, 2.45) is 0 Å². The first-order valence-electron chi connectivity index (χ1n) is 5.52. The SMILES string of the molecule is CCCCNC(=O)Nc1ccc(S(C)(=O)=O)nn1. The maximum atomic E-state index is 11.4. The maximum absolute atomic E-state index is 11.4. The number of carbonyl (C=O) groups is 1. The van der Waals surface area contributed by atoms with Crippen LogP contribution in [0.2, 0.25) is 0 Å². The molecular weight excluding hydrogens is 256 g/mol. The van der Waals surface area contributed by atoms with Crippen molar-refractivity contribution in [3.8, 4) is 0 Å². The first-order chi connectivity index (χ1) is 8.43. The molecule has 0 atom stereocenters. The molecule has 7 nitrogen and oxygen atoms in total. The molecule has 1 aromatic heterocycles. The lowest BCUT2D eigenvalue weighted by Crippen LogP contribution is -2.29. The quantitative estimate of drug-likeness (QED) is 0.772. The smallest absolute Gasteiger partial charge is 0.320 e. The molecule has 100 valence electrons. The highest BCUT2D eigenvalue weighted by molar-refractivity contribution is 7.90. The van der Waals surface area contributed by atoms with Crippen LogP contribution in [0.1, 0.15) is 19.8 Å². The summed E-state index contributed by atoms with van der Waals surface area (Å²) in [5.74, 6) is 0.205. The second kappa shape index (κ2) is 6.29. The molecule has 2 N–H and O–H groups in total. The van der Waals surface area contributed by atoms with Crippen LogP contribution in [0.5, 0.6) is 0 Å². The molecule has 0 aliphatic heterocycles. The molecule has 0 fully saturated rings. The van der Waals surface area contributed by atoms with Gasteiger partial charge in [0.25, 0.3) is 0 Å².